The van der Waals surface area contributed by atoms with Crippen LogP contribution in [0.1, 0.15) is 17.2 Å². The van der Waals surface area contributed by atoms with Crippen molar-refractivity contribution in [1.82, 2.24) is 5.32 Å². The summed E-state index contributed by atoms with van der Waals surface area (Å²) in [7, 11) is 2.01. The van der Waals surface area contributed by atoms with Crippen LogP contribution >= 0.6 is 23.1 Å². The van der Waals surface area contributed by atoms with Gasteiger partial charge >= 0.3 is 0 Å². The highest BCUT2D eigenvalue weighted by Gasteiger charge is 2.14. The van der Waals surface area contributed by atoms with E-state index < -0.39 is 0 Å². The second-order valence-corrected chi connectivity index (χ2v) is 5.15. The molecular formula is C13H15NS2. The number of thioether (sulfide) groups is 1. The third kappa shape index (κ3) is 2.32. The average molecular weight is 249 g/mol. The summed E-state index contributed by atoms with van der Waals surface area (Å²) in [5.41, 5.74) is 2.70. The molecule has 0 spiro atoms. The minimum Gasteiger partial charge on any atom is -0.309 e. The van der Waals surface area contributed by atoms with Crippen molar-refractivity contribution in [3.8, 4) is 0 Å². The molecule has 1 N–H and O–H groups in total. The van der Waals surface area contributed by atoms with Crippen LogP contribution in [0.5, 0.6) is 0 Å². The summed E-state index contributed by atoms with van der Waals surface area (Å²) in [5.74, 6) is 0. The van der Waals surface area contributed by atoms with E-state index in [-0.39, 0.29) is 0 Å². The van der Waals surface area contributed by atoms with Gasteiger partial charge in [-0.1, -0.05) is 18.2 Å². The van der Waals surface area contributed by atoms with Crippen LogP contribution in [0.25, 0.3) is 0 Å². The molecular weight excluding hydrogens is 234 g/mol. The van der Waals surface area contributed by atoms with Crippen LogP contribution in [0, 0.1) is 0 Å². The zero-order valence-electron chi connectivity index (χ0n) is 9.44. The summed E-state index contributed by atoms with van der Waals surface area (Å²) in [4.78, 5) is 1.34. The van der Waals surface area contributed by atoms with Crippen molar-refractivity contribution in [3.63, 3.8) is 0 Å². The summed E-state index contributed by atoms with van der Waals surface area (Å²) in [5, 5.41) is 7.72. The lowest BCUT2D eigenvalue weighted by Gasteiger charge is -2.18. The molecule has 0 radical (unpaired) electrons. The van der Waals surface area contributed by atoms with E-state index in [9.17, 15) is 0 Å². The molecule has 3 heteroatoms. The molecule has 1 aromatic heterocycles. The van der Waals surface area contributed by atoms with Crippen LogP contribution in [0.2, 0.25) is 0 Å². The topological polar surface area (TPSA) is 12.0 Å². The Hall–Kier alpha value is -0.770. The normalized spacial score (nSPS) is 12.6. The molecule has 16 heavy (non-hydrogen) atoms. The monoisotopic (exact) mass is 249 g/mol. The van der Waals surface area contributed by atoms with Crippen molar-refractivity contribution in [2.24, 2.45) is 0 Å². The molecule has 1 nitrogen and oxygen atoms in total. The molecule has 0 bridgehead atoms. The van der Waals surface area contributed by atoms with Gasteiger partial charge in [-0.05, 0) is 47.3 Å². The minimum absolute atomic E-state index is 0.301. The maximum atomic E-state index is 3.39. The number of rotatable bonds is 4. The Kier molecular flexibility index (Phi) is 4.04. The molecule has 0 fully saturated rings. The quantitative estimate of drug-likeness (QED) is 0.828. The largest absolute Gasteiger partial charge is 0.309 e. The molecule has 0 aliphatic rings. The van der Waals surface area contributed by atoms with Crippen molar-refractivity contribution in [3.05, 3.63) is 52.2 Å². The van der Waals surface area contributed by atoms with Crippen LogP contribution in [-0.4, -0.2) is 13.3 Å². The summed E-state index contributed by atoms with van der Waals surface area (Å²) in [6.07, 6.45) is 2.12. The zero-order chi connectivity index (χ0) is 11.4. The first-order chi connectivity index (χ1) is 7.86. The van der Waals surface area contributed by atoms with E-state index >= 15 is 0 Å². The van der Waals surface area contributed by atoms with E-state index in [2.05, 4.69) is 52.7 Å². The average Bonchev–Trinajstić information content (AvgIpc) is 2.84. The van der Waals surface area contributed by atoms with Gasteiger partial charge in [0.1, 0.15) is 0 Å². The molecule has 0 saturated heterocycles. The number of hydrogen-bond acceptors (Lipinski definition) is 3. The highest BCUT2D eigenvalue weighted by molar-refractivity contribution is 7.98. The second-order valence-electron chi connectivity index (χ2n) is 3.52. The molecule has 1 atom stereocenters. The first-order valence-corrected chi connectivity index (χ1v) is 7.36. The number of benzene rings is 1. The Bertz CT molecular complexity index is 437. The van der Waals surface area contributed by atoms with Crippen molar-refractivity contribution < 1.29 is 0 Å². The summed E-state index contributed by atoms with van der Waals surface area (Å²) < 4.78 is 0. The maximum Gasteiger partial charge on any atom is 0.0593 e. The fourth-order valence-corrected chi connectivity index (χ4v) is 3.17. The number of nitrogens with one attached hydrogen (secondary N) is 1. The maximum absolute atomic E-state index is 3.39. The Morgan fingerprint density at radius 2 is 2.06 bits per heavy atom. The smallest absolute Gasteiger partial charge is 0.0593 e. The summed E-state index contributed by atoms with van der Waals surface area (Å²) in [6.45, 7) is 0. The van der Waals surface area contributed by atoms with Crippen LogP contribution < -0.4 is 5.32 Å². The third-order valence-electron chi connectivity index (χ3n) is 2.62. The van der Waals surface area contributed by atoms with E-state index in [4.69, 9.17) is 0 Å². The number of thiophene rings is 1. The van der Waals surface area contributed by atoms with Crippen molar-refractivity contribution in [1.29, 1.82) is 0 Å². The van der Waals surface area contributed by atoms with Crippen LogP contribution in [-0.2, 0) is 0 Å². The fourth-order valence-electron chi connectivity index (χ4n) is 1.85. The molecule has 2 rings (SSSR count). The van der Waals surface area contributed by atoms with E-state index in [1.54, 1.807) is 23.1 Å². The molecule has 0 saturated carbocycles. The van der Waals surface area contributed by atoms with Crippen LogP contribution in [0.15, 0.2) is 46.0 Å². The van der Waals surface area contributed by atoms with Gasteiger partial charge in [-0.2, -0.15) is 11.3 Å². The Morgan fingerprint density at radius 3 is 2.69 bits per heavy atom. The lowest BCUT2D eigenvalue weighted by atomic mass is 10.0. The van der Waals surface area contributed by atoms with Crippen molar-refractivity contribution in [2.75, 3.05) is 13.3 Å². The molecule has 2 aromatic rings. The standard InChI is InChI=1S/C13H15NS2/c1-14-13(10-7-8-16-9-10)11-5-3-4-6-12(11)15-2/h3-9,13-14H,1-2H3. The van der Waals surface area contributed by atoms with E-state index in [1.165, 1.54) is 16.0 Å². The van der Waals surface area contributed by atoms with Gasteiger partial charge in [-0.3, -0.25) is 0 Å². The van der Waals surface area contributed by atoms with E-state index in [0.29, 0.717) is 6.04 Å². The van der Waals surface area contributed by atoms with Crippen molar-refractivity contribution >= 4 is 23.1 Å². The van der Waals surface area contributed by atoms with Gasteiger partial charge in [-0.15, -0.1) is 11.8 Å². The first-order valence-electron chi connectivity index (χ1n) is 5.19. The van der Waals surface area contributed by atoms with Crippen molar-refractivity contribution in [2.45, 2.75) is 10.9 Å². The predicted octanol–water partition coefficient (Wildman–Crippen LogP) is 3.78. The SMILES string of the molecule is CNC(c1ccsc1)c1ccccc1SC. The van der Waals surface area contributed by atoms with E-state index in [1.807, 2.05) is 7.05 Å². The molecule has 0 aliphatic heterocycles. The first kappa shape index (κ1) is 11.7. The molecule has 1 unspecified atom stereocenters. The number of hydrogen-bond donors (Lipinski definition) is 1. The van der Waals surface area contributed by atoms with E-state index in [0.717, 1.165) is 0 Å². The highest BCUT2D eigenvalue weighted by atomic mass is 32.2. The molecule has 1 heterocycles. The van der Waals surface area contributed by atoms with Gasteiger partial charge in [0.05, 0.1) is 6.04 Å². The predicted molar refractivity (Wildman–Crippen MR) is 73.4 cm³/mol. The Balaban J connectivity index is 2.41. The highest BCUT2D eigenvalue weighted by Crippen LogP contribution is 2.30. The van der Waals surface area contributed by atoms with Gasteiger partial charge < -0.3 is 5.32 Å². The summed E-state index contributed by atoms with van der Waals surface area (Å²) in [6, 6.07) is 11.1. The molecule has 0 aliphatic carbocycles. The van der Waals surface area contributed by atoms with Gasteiger partial charge in [0, 0.05) is 4.90 Å². The van der Waals surface area contributed by atoms with Gasteiger partial charge in [-0.25, -0.2) is 0 Å². The second kappa shape index (κ2) is 5.53. The van der Waals surface area contributed by atoms with Gasteiger partial charge in [0.15, 0.2) is 0 Å². The van der Waals surface area contributed by atoms with Gasteiger partial charge in [0.25, 0.3) is 0 Å². The van der Waals surface area contributed by atoms with Crippen LogP contribution in [0.4, 0.5) is 0 Å². The molecule has 1 aromatic carbocycles. The lowest BCUT2D eigenvalue weighted by molar-refractivity contribution is 0.682. The minimum atomic E-state index is 0.301. The van der Waals surface area contributed by atoms with Crippen LogP contribution in [0.3, 0.4) is 0 Å². The summed E-state index contributed by atoms with van der Waals surface area (Å²) >= 11 is 3.54. The Labute approximate surface area is 105 Å². The lowest BCUT2D eigenvalue weighted by Crippen LogP contribution is -2.17. The molecule has 0 amide bonds. The fraction of sp³-hybridized carbons (Fsp3) is 0.231. The third-order valence-corrected chi connectivity index (χ3v) is 4.13. The Morgan fingerprint density at radius 1 is 1.25 bits per heavy atom. The molecule has 84 valence electrons. The zero-order valence-corrected chi connectivity index (χ0v) is 11.1. The van der Waals surface area contributed by atoms with Gasteiger partial charge in [0.2, 0.25) is 0 Å².